The summed E-state index contributed by atoms with van der Waals surface area (Å²) >= 11 is 0. The van der Waals surface area contributed by atoms with Crippen LogP contribution in [0.15, 0.2) is 0 Å². The highest BCUT2D eigenvalue weighted by Crippen LogP contribution is 2.24. The topological polar surface area (TPSA) is 46.3 Å². The zero-order valence-corrected chi connectivity index (χ0v) is 14.3. The summed E-state index contributed by atoms with van der Waals surface area (Å²) in [6.45, 7) is 6.29. The Morgan fingerprint density at radius 3 is 2.10 bits per heavy atom. The van der Waals surface area contributed by atoms with Crippen LogP contribution in [0.5, 0.6) is 0 Å². The molecule has 124 valence electrons. The average molecular weight is 296 g/mol. The van der Waals surface area contributed by atoms with Gasteiger partial charge in [-0.25, -0.2) is 0 Å². The van der Waals surface area contributed by atoms with Crippen molar-refractivity contribution in [2.75, 3.05) is 13.1 Å². The maximum atomic E-state index is 12.9. The van der Waals surface area contributed by atoms with Crippen LogP contribution in [-0.4, -0.2) is 29.9 Å². The summed E-state index contributed by atoms with van der Waals surface area (Å²) in [5.41, 5.74) is 6.28. The van der Waals surface area contributed by atoms with Gasteiger partial charge in [-0.15, -0.1) is 0 Å². The van der Waals surface area contributed by atoms with Crippen LogP contribution < -0.4 is 5.73 Å². The summed E-state index contributed by atoms with van der Waals surface area (Å²) in [7, 11) is 0. The van der Waals surface area contributed by atoms with Crippen molar-refractivity contribution in [3.8, 4) is 0 Å². The Kier molecular flexibility index (Phi) is 9.73. The second-order valence-corrected chi connectivity index (χ2v) is 6.65. The van der Waals surface area contributed by atoms with Crippen molar-refractivity contribution >= 4 is 5.91 Å². The molecule has 0 radical (unpaired) electrons. The van der Waals surface area contributed by atoms with Crippen LogP contribution >= 0.6 is 0 Å². The molecule has 2 unspecified atom stereocenters. The number of hydrogen-bond acceptors (Lipinski definition) is 2. The van der Waals surface area contributed by atoms with Gasteiger partial charge in [0.15, 0.2) is 0 Å². The molecule has 2 atom stereocenters. The lowest BCUT2D eigenvalue weighted by Gasteiger charge is -2.29. The van der Waals surface area contributed by atoms with Gasteiger partial charge in [0, 0.05) is 19.1 Å². The van der Waals surface area contributed by atoms with Gasteiger partial charge >= 0.3 is 0 Å². The predicted molar refractivity (Wildman–Crippen MR) is 90.2 cm³/mol. The zero-order valence-electron chi connectivity index (χ0n) is 14.3. The Bertz CT molecular complexity index is 270. The molecule has 0 aliphatic heterocycles. The van der Waals surface area contributed by atoms with E-state index < -0.39 is 0 Å². The van der Waals surface area contributed by atoms with Gasteiger partial charge in [0.05, 0.1) is 5.92 Å². The van der Waals surface area contributed by atoms with Crippen LogP contribution in [0.1, 0.15) is 84.5 Å². The van der Waals surface area contributed by atoms with Gasteiger partial charge in [0.1, 0.15) is 0 Å². The quantitative estimate of drug-likeness (QED) is 0.514. The molecule has 1 fully saturated rings. The Balaban J connectivity index is 2.57. The van der Waals surface area contributed by atoms with E-state index in [9.17, 15) is 4.79 Å². The minimum Gasteiger partial charge on any atom is -0.342 e. The highest BCUT2D eigenvalue weighted by Gasteiger charge is 2.30. The number of nitrogens with two attached hydrogens (primary N) is 1. The SMILES string of the molecule is CCCCCN(CCCCC)C(=O)C1CCCCCC1N. The van der Waals surface area contributed by atoms with Crippen molar-refractivity contribution < 1.29 is 4.79 Å². The Morgan fingerprint density at radius 2 is 1.52 bits per heavy atom. The first kappa shape index (κ1) is 18.5. The molecule has 1 aliphatic rings. The molecule has 0 bridgehead atoms. The fourth-order valence-electron chi connectivity index (χ4n) is 3.31. The molecular formula is C18H36N2O. The molecule has 1 rings (SSSR count). The van der Waals surface area contributed by atoms with Crippen LogP contribution in [0, 0.1) is 5.92 Å². The molecule has 1 amide bonds. The van der Waals surface area contributed by atoms with Gasteiger partial charge in [0.25, 0.3) is 0 Å². The number of unbranched alkanes of at least 4 members (excludes halogenated alkanes) is 4. The van der Waals surface area contributed by atoms with E-state index in [-0.39, 0.29) is 12.0 Å². The molecule has 0 saturated heterocycles. The number of rotatable bonds is 9. The molecule has 3 nitrogen and oxygen atoms in total. The smallest absolute Gasteiger partial charge is 0.227 e. The second kappa shape index (κ2) is 11.1. The first-order chi connectivity index (χ1) is 10.2. The molecule has 0 aromatic carbocycles. The molecule has 3 heteroatoms. The fraction of sp³-hybridized carbons (Fsp3) is 0.944. The molecule has 0 aromatic rings. The monoisotopic (exact) mass is 296 g/mol. The van der Waals surface area contributed by atoms with Crippen molar-refractivity contribution in [3.05, 3.63) is 0 Å². The van der Waals surface area contributed by atoms with Crippen molar-refractivity contribution in [3.63, 3.8) is 0 Å². The standard InChI is InChI=1S/C18H36N2O/c1-3-5-10-14-20(15-11-6-4-2)18(21)16-12-8-7-9-13-17(16)19/h16-17H,3-15,19H2,1-2H3. The lowest BCUT2D eigenvalue weighted by Crippen LogP contribution is -2.44. The third kappa shape index (κ3) is 6.82. The van der Waals surface area contributed by atoms with Gasteiger partial charge in [-0.3, -0.25) is 4.79 Å². The number of carbonyl (C=O) groups is 1. The Morgan fingerprint density at radius 1 is 0.952 bits per heavy atom. The number of nitrogens with zero attached hydrogens (tertiary/aromatic N) is 1. The van der Waals surface area contributed by atoms with E-state index in [0.717, 1.165) is 38.8 Å². The van der Waals surface area contributed by atoms with Crippen molar-refractivity contribution in [1.29, 1.82) is 0 Å². The lowest BCUT2D eigenvalue weighted by atomic mass is 9.93. The maximum absolute atomic E-state index is 12.9. The van der Waals surface area contributed by atoms with Crippen LogP contribution in [-0.2, 0) is 4.79 Å². The molecule has 21 heavy (non-hydrogen) atoms. The number of carbonyl (C=O) groups excluding carboxylic acids is 1. The summed E-state index contributed by atoms with van der Waals surface area (Å²) in [5, 5.41) is 0. The van der Waals surface area contributed by atoms with E-state index in [1.54, 1.807) is 0 Å². The van der Waals surface area contributed by atoms with E-state index in [2.05, 4.69) is 18.7 Å². The molecule has 1 aliphatic carbocycles. The van der Waals surface area contributed by atoms with Gasteiger partial charge in [-0.2, -0.15) is 0 Å². The summed E-state index contributed by atoms with van der Waals surface area (Å²) in [5.74, 6) is 0.423. The largest absolute Gasteiger partial charge is 0.342 e. The van der Waals surface area contributed by atoms with E-state index in [1.807, 2.05) is 0 Å². The molecular weight excluding hydrogens is 260 g/mol. The first-order valence-corrected chi connectivity index (χ1v) is 9.25. The molecule has 2 N–H and O–H groups in total. The van der Waals surface area contributed by atoms with E-state index >= 15 is 0 Å². The van der Waals surface area contributed by atoms with Crippen LogP contribution in [0.2, 0.25) is 0 Å². The molecule has 1 saturated carbocycles. The Labute approximate surface area is 131 Å². The fourth-order valence-corrected chi connectivity index (χ4v) is 3.31. The summed E-state index contributed by atoms with van der Waals surface area (Å²) in [6.07, 6.45) is 12.7. The normalized spacial score (nSPS) is 22.8. The van der Waals surface area contributed by atoms with Crippen molar-refractivity contribution in [2.45, 2.75) is 90.5 Å². The summed E-state index contributed by atoms with van der Waals surface area (Å²) in [4.78, 5) is 15.0. The minimum absolute atomic E-state index is 0.0794. The molecule has 0 heterocycles. The Hall–Kier alpha value is -0.570. The van der Waals surface area contributed by atoms with Crippen molar-refractivity contribution in [2.24, 2.45) is 11.7 Å². The summed E-state index contributed by atoms with van der Waals surface area (Å²) < 4.78 is 0. The minimum atomic E-state index is 0.0794. The molecule has 0 spiro atoms. The average Bonchev–Trinajstić information content (AvgIpc) is 2.70. The van der Waals surface area contributed by atoms with E-state index in [4.69, 9.17) is 5.73 Å². The summed E-state index contributed by atoms with van der Waals surface area (Å²) in [6, 6.07) is 0.0832. The predicted octanol–water partition coefficient (Wildman–Crippen LogP) is 4.10. The third-order valence-corrected chi connectivity index (χ3v) is 4.76. The highest BCUT2D eigenvalue weighted by molar-refractivity contribution is 5.79. The van der Waals surface area contributed by atoms with Gasteiger partial charge in [0.2, 0.25) is 5.91 Å². The first-order valence-electron chi connectivity index (χ1n) is 9.25. The molecule has 0 aromatic heterocycles. The number of hydrogen-bond donors (Lipinski definition) is 1. The van der Waals surface area contributed by atoms with Gasteiger partial charge < -0.3 is 10.6 Å². The second-order valence-electron chi connectivity index (χ2n) is 6.65. The van der Waals surface area contributed by atoms with Crippen LogP contribution in [0.3, 0.4) is 0 Å². The third-order valence-electron chi connectivity index (χ3n) is 4.76. The van der Waals surface area contributed by atoms with E-state index in [0.29, 0.717) is 5.91 Å². The van der Waals surface area contributed by atoms with Crippen molar-refractivity contribution in [1.82, 2.24) is 4.90 Å². The zero-order chi connectivity index (χ0) is 15.5. The van der Waals surface area contributed by atoms with Gasteiger partial charge in [-0.05, 0) is 25.7 Å². The van der Waals surface area contributed by atoms with Crippen LogP contribution in [0.25, 0.3) is 0 Å². The number of amides is 1. The van der Waals surface area contributed by atoms with Gasteiger partial charge in [-0.1, -0.05) is 58.8 Å². The lowest BCUT2D eigenvalue weighted by molar-refractivity contribution is -0.136. The highest BCUT2D eigenvalue weighted by atomic mass is 16.2. The van der Waals surface area contributed by atoms with E-state index in [1.165, 1.54) is 44.9 Å². The maximum Gasteiger partial charge on any atom is 0.227 e. The van der Waals surface area contributed by atoms with Crippen LogP contribution in [0.4, 0.5) is 0 Å².